The summed E-state index contributed by atoms with van der Waals surface area (Å²) >= 11 is 5.96. The van der Waals surface area contributed by atoms with Crippen LogP contribution in [0.3, 0.4) is 0 Å². The molecule has 0 N–H and O–H groups in total. The van der Waals surface area contributed by atoms with Crippen molar-refractivity contribution in [3.63, 3.8) is 0 Å². The Hall–Kier alpha value is -0.240. The summed E-state index contributed by atoms with van der Waals surface area (Å²) in [6.45, 7) is 5.23. The van der Waals surface area contributed by atoms with Crippen LogP contribution in [-0.2, 0) is 4.79 Å². The number of hydrogen-bond acceptors (Lipinski definition) is 1. The van der Waals surface area contributed by atoms with Crippen LogP contribution in [0.4, 0.5) is 0 Å². The number of carbonyl (C=O) groups is 1. The maximum Gasteiger partial charge on any atom is 0.222 e. The van der Waals surface area contributed by atoms with E-state index in [0.29, 0.717) is 24.1 Å². The first-order valence-electron chi connectivity index (χ1n) is 6.50. The quantitative estimate of drug-likeness (QED) is 0.695. The number of amides is 1. The van der Waals surface area contributed by atoms with Crippen molar-refractivity contribution in [1.82, 2.24) is 4.90 Å². The minimum atomic E-state index is 0.281. The van der Waals surface area contributed by atoms with Crippen molar-refractivity contribution in [2.45, 2.75) is 58.4 Å². The predicted octanol–water partition coefficient (Wildman–Crippen LogP) is 3.43. The minimum absolute atomic E-state index is 0.281. The van der Waals surface area contributed by atoms with E-state index in [0.717, 1.165) is 25.8 Å². The molecule has 1 unspecified atom stereocenters. The van der Waals surface area contributed by atoms with Gasteiger partial charge in [0.15, 0.2) is 0 Å². The van der Waals surface area contributed by atoms with Crippen LogP contribution in [-0.4, -0.2) is 29.3 Å². The summed E-state index contributed by atoms with van der Waals surface area (Å²) in [4.78, 5) is 14.1. The zero-order valence-electron chi connectivity index (χ0n) is 10.5. The fraction of sp³-hybridized carbons (Fsp3) is 0.923. The van der Waals surface area contributed by atoms with Crippen molar-refractivity contribution in [2.75, 3.05) is 12.4 Å². The zero-order chi connectivity index (χ0) is 12.0. The van der Waals surface area contributed by atoms with Crippen LogP contribution in [0.2, 0.25) is 0 Å². The Kier molecular flexibility index (Phi) is 6.18. The van der Waals surface area contributed by atoms with E-state index < -0.39 is 0 Å². The van der Waals surface area contributed by atoms with Gasteiger partial charge in [-0.25, -0.2) is 0 Å². The van der Waals surface area contributed by atoms with Crippen LogP contribution in [0.5, 0.6) is 0 Å². The third-order valence-electron chi connectivity index (χ3n) is 3.31. The number of alkyl halides is 1. The van der Waals surface area contributed by atoms with Gasteiger partial charge >= 0.3 is 0 Å². The molecule has 0 bridgehead atoms. The molecule has 1 heterocycles. The topological polar surface area (TPSA) is 20.3 Å². The highest BCUT2D eigenvalue weighted by atomic mass is 35.5. The van der Waals surface area contributed by atoms with E-state index in [1.165, 1.54) is 12.8 Å². The lowest BCUT2D eigenvalue weighted by molar-refractivity contribution is -0.133. The summed E-state index contributed by atoms with van der Waals surface area (Å²) in [5.41, 5.74) is 0. The molecule has 0 radical (unpaired) electrons. The molecule has 1 amide bonds. The highest BCUT2D eigenvalue weighted by molar-refractivity contribution is 6.18. The summed E-state index contributed by atoms with van der Waals surface area (Å²) in [5, 5.41) is 0. The van der Waals surface area contributed by atoms with Gasteiger partial charge in [0.05, 0.1) is 0 Å². The lowest BCUT2D eigenvalue weighted by atomic mass is 10.1. The van der Waals surface area contributed by atoms with Crippen molar-refractivity contribution in [2.24, 2.45) is 5.92 Å². The fourth-order valence-electron chi connectivity index (χ4n) is 2.22. The molecule has 94 valence electrons. The second-order valence-electron chi connectivity index (χ2n) is 5.18. The SMILES string of the molecule is CC(C)CCC(=O)N1CCCCCC1CCl. The van der Waals surface area contributed by atoms with E-state index in [1.54, 1.807) is 0 Å². The Morgan fingerprint density at radius 1 is 1.38 bits per heavy atom. The number of hydrogen-bond donors (Lipinski definition) is 0. The van der Waals surface area contributed by atoms with Gasteiger partial charge in [-0.2, -0.15) is 0 Å². The zero-order valence-corrected chi connectivity index (χ0v) is 11.3. The Morgan fingerprint density at radius 3 is 2.75 bits per heavy atom. The van der Waals surface area contributed by atoms with Crippen molar-refractivity contribution in [1.29, 1.82) is 0 Å². The number of halogens is 1. The van der Waals surface area contributed by atoms with Gasteiger partial charge in [-0.15, -0.1) is 11.6 Å². The van der Waals surface area contributed by atoms with E-state index in [-0.39, 0.29) is 6.04 Å². The minimum Gasteiger partial charge on any atom is -0.339 e. The predicted molar refractivity (Wildman–Crippen MR) is 68.8 cm³/mol. The maximum atomic E-state index is 12.1. The molecule has 0 aromatic carbocycles. The Bertz CT molecular complexity index is 218. The molecule has 16 heavy (non-hydrogen) atoms. The summed E-state index contributed by atoms with van der Waals surface area (Å²) in [5.74, 6) is 1.50. The second-order valence-corrected chi connectivity index (χ2v) is 5.49. The van der Waals surface area contributed by atoms with Gasteiger partial charge in [-0.3, -0.25) is 4.79 Å². The molecule has 1 rings (SSSR count). The Morgan fingerprint density at radius 2 is 2.12 bits per heavy atom. The van der Waals surface area contributed by atoms with Crippen LogP contribution >= 0.6 is 11.6 Å². The van der Waals surface area contributed by atoms with E-state index in [9.17, 15) is 4.79 Å². The van der Waals surface area contributed by atoms with Gasteiger partial charge in [0, 0.05) is 24.9 Å². The normalized spacial score (nSPS) is 22.2. The molecule has 1 atom stereocenters. The van der Waals surface area contributed by atoms with Crippen LogP contribution in [0.1, 0.15) is 52.4 Å². The highest BCUT2D eigenvalue weighted by Gasteiger charge is 2.24. The maximum absolute atomic E-state index is 12.1. The van der Waals surface area contributed by atoms with Crippen LogP contribution in [0, 0.1) is 5.92 Å². The van der Waals surface area contributed by atoms with Crippen molar-refractivity contribution >= 4 is 17.5 Å². The summed E-state index contributed by atoms with van der Waals surface area (Å²) < 4.78 is 0. The Balaban J connectivity index is 2.49. The van der Waals surface area contributed by atoms with Crippen LogP contribution in [0.25, 0.3) is 0 Å². The first-order valence-corrected chi connectivity index (χ1v) is 7.04. The van der Waals surface area contributed by atoms with Gasteiger partial charge in [-0.05, 0) is 25.2 Å². The first-order chi connectivity index (χ1) is 7.65. The molecule has 1 saturated heterocycles. The van der Waals surface area contributed by atoms with E-state index in [4.69, 9.17) is 11.6 Å². The molecule has 0 saturated carbocycles. The van der Waals surface area contributed by atoms with E-state index in [2.05, 4.69) is 13.8 Å². The molecule has 1 aliphatic heterocycles. The molecule has 3 heteroatoms. The van der Waals surface area contributed by atoms with Crippen molar-refractivity contribution < 1.29 is 4.79 Å². The number of nitrogens with zero attached hydrogens (tertiary/aromatic N) is 1. The summed E-state index contributed by atoms with van der Waals surface area (Å²) in [7, 11) is 0. The average Bonchev–Trinajstić information content (AvgIpc) is 2.50. The smallest absolute Gasteiger partial charge is 0.222 e. The third-order valence-corrected chi connectivity index (χ3v) is 3.67. The largest absolute Gasteiger partial charge is 0.339 e. The summed E-state index contributed by atoms with van der Waals surface area (Å²) in [6, 6.07) is 0.281. The second kappa shape index (κ2) is 7.16. The fourth-order valence-corrected chi connectivity index (χ4v) is 2.54. The number of likely N-dealkylation sites (tertiary alicyclic amines) is 1. The molecule has 0 aromatic rings. The lowest BCUT2D eigenvalue weighted by Gasteiger charge is -2.29. The molecular formula is C13H24ClNO. The van der Waals surface area contributed by atoms with Crippen molar-refractivity contribution in [3.8, 4) is 0 Å². The van der Waals surface area contributed by atoms with E-state index >= 15 is 0 Å². The lowest BCUT2D eigenvalue weighted by Crippen LogP contribution is -2.41. The first kappa shape index (κ1) is 13.8. The third kappa shape index (κ3) is 4.32. The molecule has 0 aliphatic carbocycles. The van der Waals surface area contributed by atoms with Crippen LogP contribution < -0.4 is 0 Å². The number of carbonyl (C=O) groups excluding carboxylic acids is 1. The summed E-state index contributed by atoms with van der Waals surface area (Å²) in [6.07, 6.45) is 6.35. The van der Waals surface area contributed by atoms with Gasteiger partial charge in [0.25, 0.3) is 0 Å². The highest BCUT2D eigenvalue weighted by Crippen LogP contribution is 2.19. The molecule has 2 nitrogen and oxygen atoms in total. The van der Waals surface area contributed by atoms with Gasteiger partial charge in [0.1, 0.15) is 0 Å². The van der Waals surface area contributed by atoms with Gasteiger partial charge < -0.3 is 4.90 Å². The molecular weight excluding hydrogens is 222 g/mol. The monoisotopic (exact) mass is 245 g/mol. The number of rotatable bonds is 4. The van der Waals surface area contributed by atoms with Crippen molar-refractivity contribution in [3.05, 3.63) is 0 Å². The average molecular weight is 246 g/mol. The molecule has 1 aliphatic rings. The standard InChI is InChI=1S/C13H24ClNO/c1-11(2)7-8-13(16)15-9-5-3-4-6-12(15)10-14/h11-12H,3-10H2,1-2H3. The van der Waals surface area contributed by atoms with Gasteiger partial charge in [-0.1, -0.05) is 26.7 Å². The van der Waals surface area contributed by atoms with Gasteiger partial charge in [0.2, 0.25) is 5.91 Å². The van der Waals surface area contributed by atoms with E-state index in [1.807, 2.05) is 4.90 Å². The molecule has 0 aromatic heterocycles. The molecule has 1 fully saturated rings. The Labute approximate surface area is 104 Å². The van der Waals surface area contributed by atoms with Crippen LogP contribution in [0.15, 0.2) is 0 Å². The molecule has 0 spiro atoms.